The third kappa shape index (κ3) is 4.03. The molecule has 0 heterocycles. The van der Waals surface area contributed by atoms with Crippen molar-refractivity contribution in [2.75, 3.05) is 12.4 Å². The molecule has 0 saturated carbocycles. The van der Waals surface area contributed by atoms with E-state index in [0.29, 0.717) is 4.47 Å². The first-order valence-electron chi connectivity index (χ1n) is 5.77. The predicted octanol–water partition coefficient (Wildman–Crippen LogP) is 2.29. The van der Waals surface area contributed by atoms with Crippen molar-refractivity contribution in [3.8, 4) is 6.07 Å². The van der Waals surface area contributed by atoms with Gasteiger partial charge in [0.05, 0.1) is 18.2 Å². The summed E-state index contributed by atoms with van der Waals surface area (Å²) in [5, 5.41) is 10.8. The molecular formula is C13H13BrFN3O2. The Balaban J connectivity index is 2.78. The van der Waals surface area contributed by atoms with Gasteiger partial charge in [0.2, 0.25) is 0 Å². The minimum atomic E-state index is -0.950. The summed E-state index contributed by atoms with van der Waals surface area (Å²) in [5.74, 6) is -2.41. The van der Waals surface area contributed by atoms with Crippen molar-refractivity contribution in [1.29, 1.82) is 5.26 Å². The molecule has 5 nitrogen and oxygen atoms in total. The number of anilines is 1. The van der Waals surface area contributed by atoms with E-state index in [2.05, 4.69) is 21.2 Å². The highest BCUT2D eigenvalue weighted by molar-refractivity contribution is 9.10. The Kier molecular flexibility index (Phi) is 5.65. The molecule has 2 amide bonds. The van der Waals surface area contributed by atoms with E-state index in [9.17, 15) is 14.0 Å². The van der Waals surface area contributed by atoms with Gasteiger partial charge in [0, 0.05) is 17.6 Å². The first-order chi connectivity index (χ1) is 9.36. The summed E-state index contributed by atoms with van der Waals surface area (Å²) in [7, 11) is 1.42. The second-order valence-electron chi connectivity index (χ2n) is 4.21. The lowest BCUT2D eigenvalue weighted by Crippen LogP contribution is -2.42. The molecule has 0 spiro atoms. The van der Waals surface area contributed by atoms with Crippen LogP contribution < -0.4 is 5.32 Å². The van der Waals surface area contributed by atoms with Crippen LogP contribution in [0.1, 0.15) is 13.3 Å². The Labute approximate surface area is 124 Å². The summed E-state index contributed by atoms with van der Waals surface area (Å²) in [4.78, 5) is 24.7. The number of carbonyl (C=O) groups is 2. The van der Waals surface area contributed by atoms with Crippen LogP contribution in [-0.4, -0.2) is 29.8 Å². The molecule has 0 saturated heterocycles. The summed E-state index contributed by atoms with van der Waals surface area (Å²) in [6.45, 7) is 1.65. The van der Waals surface area contributed by atoms with Crippen molar-refractivity contribution < 1.29 is 14.0 Å². The van der Waals surface area contributed by atoms with Gasteiger partial charge in [-0.2, -0.15) is 5.26 Å². The van der Waals surface area contributed by atoms with E-state index in [0.717, 1.165) is 4.90 Å². The molecule has 0 bridgehead atoms. The molecule has 7 heteroatoms. The summed E-state index contributed by atoms with van der Waals surface area (Å²) >= 11 is 3.15. The lowest BCUT2D eigenvalue weighted by molar-refractivity contribution is -0.143. The zero-order valence-electron chi connectivity index (χ0n) is 11.0. The number of nitriles is 1. The van der Waals surface area contributed by atoms with Gasteiger partial charge < -0.3 is 10.2 Å². The van der Waals surface area contributed by atoms with Gasteiger partial charge in [-0.25, -0.2) is 4.39 Å². The van der Waals surface area contributed by atoms with Crippen molar-refractivity contribution >= 4 is 33.4 Å². The Morgan fingerprint density at radius 2 is 2.20 bits per heavy atom. The Hall–Kier alpha value is -1.94. The van der Waals surface area contributed by atoms with Crippen molar-refractivity contribution in [3.05, 3.63) is 28.5 Å². The van der Waals surface area contributed by atoms with Gasteiger partial charge in [-0.1, -0.05) is 15.9 Å². The molecular weight excluding hydrogens is 329 g/mol. The lowest BCUT2D eigenvalue weighted by Gasteiger charge is -2.22. The molecule has 1 N–H and O–H groups in total. The smallest absolute Gasteiger partial charge is 0.313 e. The van der Waals surface area contributed by atoms with Gasteiger partial charge in [-0.3, -0.25) is 9.59 Å². The van der Waals surface area contributed by atoms with Gasteiger partial charge >= 0.3 is 11.8 Å². The number of nitrogens with zero attached hydrogens (tertiary/aromatic N) is 2. The molecule has 0 aromatic heterocycles. The molecule has 0 unspecified atom stereocenters. The quantitative estimate of drug-likeness (QED) is 0.857. The van der Waals surface area contributed by atoms with Crippen LogP contribution in [0.25, 0.3) is 0 Å². The molecule has 0 radical (unpaired) electrons. The predicted molar refractivity (Wildman–Crippen MR) is 75.2 cm³/mol. The molecule has 1 rings (SSSR count). The highest BCUT2D eigenvalue weighted by atomic mass is 79.9. The van der Waals surface area contributed by atoms with Crippen LogP contribution in [0, 0.1) is 17.1 Å². The standard InChI is InChI=1S/C13H13BrFN3O2/c1-8(5-6-16)18(2)13(20)12(19)17-11-7-9(14)3-4-10(11)15/h3-4,7-8H,5H2,1-2H3,(H,17,19)/t8-/m0/s1. The molecule has 0 aliphatic heterocycles. The molecule has 1 aromatic rings. The maximum atomic E-state index is 13.5. The van der Waals surface area contributed by atoms with Crippen LogP contribution in [-0.2, 0) is 9.59 Å². The van der Waals surface area contributed by atoms with Gasteiger partial charge in [0.15, 0.2) is 0 Å². The third-order valence-corrected chi connectivity index (χ3v) is 3.23. The maximum absolute atomic E-state index is 13.5. The Morgan fingerprint density at radius 3 is 2.80 bits per heavy atom. The zero-order chi connectivity index (χ0) is 15.3. The fourth-order valence-corrected chi connectivity index (χ4v) is 1.76. The first-order valence-corrected chi connectivity index (χ1v) is 6.56. The minimum Gasteiger partial charge on any atom is -0.334 e. The minimum absolute atomic E-state index is 0.0842. The van der Waals surface area contributed by atoms with Gasteiger partial charge in [-0.15, -0.1) is 0 Å². The van der Waals surface area contributed by atoms with E-state index >= 15 is 0 Å². The number of rotatable bonds is 3. The molecule has 1 atom stereocenters. The van der Waals surface area contributed by atoms with Crippen molar-refractivity contribution in [3.63, 3.8) is 0 Å². The van der Waals surface area contributed by atoms with Crippen LogP contribution >= 0.6 is 15.9 Å². The zero-order valence-corrected chi connectivity index (χ0v) is 12.6. The van der Waals surface area contributed by atoms with Crippen molar-refractivity contribution in [1.82, 2.24) is 4.90 Å². The van der Waals surface area contributed by atoms with Crippen LogP contribution in [0.4, 0.5) is 10.1 Å². The highest BCUT2D eigenvalue weighted by Crippen LogP contribution is 2.20. The van der Waals surface area contributed by atoms with Crippen LogP contribution in [0.5, 0.6) is 0 Å². The van der Waals surface area contributed by atoms with Gasteiger partial charge in [-0.05, 0) is 25.1 Å². The highest BCUT2D eigenvalue weighted by Gasteiger charge is 2.23. The van der Waals surface area contributed by atoms with Crippen molar-refractivity contribution in [2.45, 2.75) is 19.4 Å². The van der Waals surface area contributed by atoms with E-state index in [1.807, 2.05) is 6.07 Å². The van der Waals surface area contributed by atoms with Gasteiger partial charge in [0.25, 0.3) is 0 Å². The topological polar surface area (TPSA) is 73.2 Å². The van der Waals surface area contributed by atoms with E-state index in [1.54, 1.807) is 6.92 Å². The number of halogens is 2. The molecule has 0 aliphatic carbocycles. The summed E-state index contributed by atoms with van der Waals surface area (Å²) in [6.07, 6.45) is 0.112. The Morgan fingerprint density at radius 1 is 1.55 bits per heavy atom. The number of benzene rings is 1. The fraction of sp³-hybridized carbons (Fsp3) is 0.308. The fourth-order valence-electron chi connectivity index (χ4n) is 1.40. The summed E-state index contributed by atoms with van der Waals surface area (Å²) in [6, 6.07) is 5.53. The third-order valence-electron chi connectivity index (χ3n) is 2.74. The normalized spacial score (nSPS) is 11.3. The van der Waals surface area contributed by atoms with Crippen LogP contribution in [0.2, 0.25) is 0 Å². The number of hydrogen-bond donors (Lipinski definition) is 1. The van der Waals surface area contributed by atoms with Crippen LogP contribution in [0.15, 0.2) is 22.7 Å². The van der Waals surface area contributed by atoms with Crippen LogP contribution in [0.3, 0.4) is 0 Å². The van der Waals surface area contributed by atoms with E-state index in [-0.39, 0.29) is 12.1 Å². The molecule has 0 aliphatic rings. The first kappa shape index (κ1) is 16.1. The molecule has 20 heavy (non-hydrogen) atoms. The number of carbonyl (C=O) groups excluding carboxylic acids is 2. The SMILES string of the molecule is C[C@@H](CC#N)N(C)C(=O)C(=O)Nc1cc(Br)ccc1F. The number of nitrogens with one attached hydrogen (secondary N) is 1. The monoisotopic (exact) mass is 341 g/mol. The molecule has 1 aromatic carbocycles. The molecule has 0 fully saturated rings. The van der Waals surface area contributed by atoms with Crippen molar-refractivity contribution in [2.24, 2.45) is 0 Å². The van der Waals surface area contributed by atoms with Gasteiger partial charge in [0.1, 0.15) is 5.82 Å². The summed E-state index contributed by atoms with van der Waals surface area (Å²) < 4.78 is 14.0. The Bertz CT molecular complexity index is 571. The second kappa shape index (κ2) is 7.01. The average Bonchev–Trinajstić information content (AvgIpc) is 2.41. The average molecular weight is 342 g/mol. The second-order valence-corrected chi connectivity index (χ2v) is 5.12. The van der Waals surface area contributed by atoms with E-state index < -0.39 is 23.7 Å². The summed E-state index contributed by atoms with van der Waals surface area (Å²) in [5.41, 5.74) is -0.0842. The molecule has 106 valence electrons. The van der Waals surface area contributed by atoms with E-state index in [4.69, 9.17) is 5.26 Å². The number of likely N-dealkylation sites (N-methyl/N-ethyl adjacent to an activating group) is 1. The number of amides is 2. The largest absolute Gasteiger partial charge is 0.334 e. The van der Waals surface area contributed by atoms with E-state index in [1.165, 1.54) is 25.2 Å². The maximum Gasteiger partial charge on any atom is 0.313 e. The lowest BCUT2D eigenvalue weighted by atomic mass is 10.2. The number of hydrogen-bond acceptors (Lipinski definition) is 3.